The van der Waals surface area contributed by atoms with E-state index in [4.69, 9.17) is 14.7 Å². The minimum absolute atomic E-state index is 0.427. The summed E-state index contributed by atoms with van der Waals surface area (Å²) >= 11 is 0. The number of hydrogen-bond donors (Lipinski definition) is 0. The van der Waals surface area contributed by atoms with Gasteiger partial charge in [0.1, 0.15) is 6.07 Å². The van der Waals surface area contributed by atoms with Crippen LogP contribution in [0.2, 0.25) is 0 Å². The molecule has 0 aromatic rings. The quantitative estimate of drug-likeness (QED) is 0.696. The van der Waals surface area contributed by atoms with E-state index in [9.17, 15) is 9.59 Å². The number of nitriles is 1. The van der Waals surface area contributed by atoms with Gasteiger partial charge in [-0.05, 0) is 20.3 Å². The van der Waals surface area contributed by atoms with Gasteiger partial charge in [-0.2, -0.15) is 5.26 Å². The molecule has 0 spiro atoms. The average Bonchev–Trinajstić information content (AvgIpc) is 2.56. The number of cyclic esters (lactones) is 1. The highest BCUT2D eigenvalue weighted by molar-refractivity contribution is 5.83. The molecule has 1 aliphatic rings. The van der Waals surface area contributed by atoms with Crippen molar-refractivity contribution in [2.24, 2.45) is 11.3 Å². The molecule has 0 aromatic carbocycles. The van der Waals surface area contributed by atoms with Gasteiger partial charge in [-0.3, -0.25) is 4.79 Å². The molecule has 1 aliphatic heterocycles. The predicted octanol–water partition coefficient (Wildman–Crippen LogP) is 1.42. The zero-order chi connectivity index (χ0) is 13.2. The highest BCUT2D eigenvalue weighted by Gasteiger charge is 2.46. The second kappa shape index (κ2) is 4.74. The topological polar surface area (TPSA) is 76.4 Å². The molecule has 0 amide bonds. The number of carbonyl (C=O) groups is 2. The Morgan fingerprint density at radius 3 is 2.59 bits per heavy atom. The van der Waals surface area contributed by atoms with Gasteiger partial charge in [0.05, 0.1) is 11.3 Å². The molecule has 0 N–H and O–H groups in total. The number of rotatable bonds is 3. The van der Waals surface area contributed by atoms with Crippen molar-refractivity contribution in [1.82, 2.24) is 0 Å². The molecule has 17 heavy (non-hydrogen) atoms. The second-order valence-electron chi connectivity index (χ2n) is 4.91. The van der Waals surface area contributed by atoms with Crippen LogP contribution in [0.15, 0.2) is 0 Å². The van der Waals surface area contributed by atoms with Crippen LogP contribution in [0.1, 0.15) is 34.1 Å². The van der Waals surface area contributed by atoms with Crippen molar-refractivity contribution in [3.05, 3.63) is 0 Å². The third-order valence-corrected chi connectivity index (χ3v) is 3.23. The van der Waals surface area contributed by atoms with Crippen LogP contribution in [0.5, 0.6) is 0 Å². The molecule has 0 radical (unpaired) electrons. The molecule has 1 saturated heterocycles. The van der Waals surface area contributed by atoms with Gasteiger partial charge in [0.2, 0.25) is 6.10 Å². The van der Waals surface area contributed by atoms with Crippen LogP contribution in [-0.2, 0) is 19.1 Å². The summed E-state index contributed by atoms with van der Waals surface area (Å²) in [6.07, 6.45) is -1.17. The van der Waals surface area contributed by atoms with Crippen LogP contribution in [0.4, 0.5) is 0 Å². The van der Waals surface area contributed by atoms with E-state index in [1.165, 1.54) is 0 Å². The van der Waals surface area contributed by atoms with Crippen LogP contribution >= 0.6 is 0 Å². The summed E-state index contributed by atoms with van der Waals surface area (Å²) in [6, 6.07) is 1.87. The summed E-state index contributed by atoms with van der Waals surface area (Å²) in [5.41, 5.74) is -0.634. The standard InChI is InChI=1S/C12H17NO4/c1-5-12(3,4)11(15)17-9-7(2)8(6-13)16-10(9)14/h7-9H,5H2,1-4H3. The largest absolute Gasteiger partial charge is 0.449 e. The third kappa shape index (κ3) is 2.57. The molecular weight excluding hydrogens is 222 g/mol. The Labute approximate surface area is 101 Å². The minimum Gasteiger partial charge on any atom is -0.449 e. The van der Waals surface area contributed by atoms with Crippen molar-refractivity contribution >= 4 is 11.9 Å². The second-order valence-corrected chi connectivity index (χ2v) is 4.91. The highest BCUT2D eigenvalue weighted by Crippen LogP contribution is 2.28. The Bertz CT molecular complexity index is 369. The number of esters is 2. The number of nitrogens with zero attached hydrogens (tertiary/aromatic N) is 1. The first-order valence-corrected chi connectivity index (χ1v) is 5.64. The van der Waals surface area contributed by atoms with E-state index in [1.54, 1.807) is 20.8 Å². The summed E-state index contributed by atoms with van der Waals surface area (Å²) in [6.45, 7) is 7.04. The maximum Gasteiger partial charge on any atom is 0.349 e. The maximum atomic E-state index is 11.8. The summed E-state index contributed by atoms with van der Waals surface area (Å²) in [7, 11) is 0. The van der Waals surface area contributed by atoms with Crippen LogP contribution < -0.4 is 0 Å². The van der Waals surface area contributed by atoms with E-state index in [0.29, 0.717) is 6.42 Å². The van der Waals surface area contributed by atoms with Crippen LogP contribution in [0.3, 0.4) is 0 Å². The summed E-state index contributed by atoms with van der Waals surface area (Å²) in [5, 5.41) is 8.74. The zero-order valence-electron chi connectivity index (χ0n) is 10.5. The van der Waals surface area contributed by atoms with E-state index < -0.39 is 35.5 Å². The molecule has 3 atom stereocenters. The first kappa shape index (κ1) is 13.5. The monoisotopic (exact) mass is 239 g/mol. The van der Waals surface area contributed by atoms with Crippen molar-refractivity contribution < 1.29 is 19.1 Å². The normalized spacial score (nSPS) is 28.4. The Hall–Kier alpha value is -1.57. The Balaban J connectivity index is 2.74. The molecule has 0 aromatic heterocycles. The fraction of sp³-hybridized carbons (Fsp3) is 0.750. The molecular formula is C12H17NO4. The van der Waals surface area contributed by atoms with Crippen LogP contribution in [0, 0.1) is 22.7 Å². The first-order chi connectivity index (χ1) is 7.83. The molecule has 0 aliphatic carbocycles. The number of carbonyl (C=O) groups excluding carboxylic acids is 2. The lowest BCUT2D eigenvalue weighted by molar-refractivity contribution is -0.168. The molecule has 1 fully saturated rings. The van der Waals surface area contributed by atoms with Crippen molar-refractivity contribution in [3.8, 4) is 6.07 Å². The van der Waals surface area contributed by atoms with Gasteiger partial charge in [-0.15, -0.1) is 0 Å². The van der Waals surface area contributed by atoms with Gasteiger partial charge in [-0.1, -0.05) is 13.8 Å². The van der Waals surface area contributed by atoms with Gasteiger partial charge in [0.15, 0.2) is 6.10 Å². The van der Waals surface area contributed by atoms with Crippen molar-refractivity contribution in [2.75, 3.05) is 0 Å². The molecule has 3 unspecified atom stereocenters. The van der Waals surface area contributed by atoms with E-state index in [1.807, 2.05) is 13.0 Å². The van der Waals surface area contributed by atoms with E-state index in [2.05, 4.69) is 0 Å². The third-order valence-electron chi connectivity index (χ3n) is 3.23. The predicted molar refractivity (Wildman–Crippen MR) is 58.6 cm³/mol. The van der Waals surface area contributed by atoms with E-state index in [-0.39, 0.29) is 0 Å². The lowest BCUT2D eigenvalue weighted by Crippen LogP contribution is -2.35. The fourth-order valence-electron chi connectivity index (χ4n) is 1.39. The molecule has 0 saturated carbocycles. The van der Waals surface area contributed by atoms with Crippen molar-refractivity contribution in [1.29, 1.82) is 5.26 Å². The molecule has 0 bridgehead atoms. The van der Waals surface area contributed by atoms with Crippen LogP contribution in [0.25, 0.3) is 0 Å². The highest BCUT2D eigenvalue weighted by atomic mass is 16.6. The van der Waals surface area contributed by atoms with Gasteiger partial charge in [-0.25, -0.2) is 4.79 Å². The van der Waals surface area contributed by atoms with Crippen LogP contribution in [-0.4, -0.2) is 24.1 Å². The smallest absolute Gasteiger partial charge is 0.349 e. The van der Waals surface area contributed by atoms with Gasteiger partial charge < -0.3 is 9.47 Å². The SMILES string of the molecule is CCC(C)(C)C(=O)OC1C(=O)OC(C#N)C1C. The summed E-state index contributed by atoms with van der Waals surface area (Å²) < 4.78 is 9.96. The van der Waals surface area contributed by atoms with Gasteiger partial charge in [0, 0.05) is 0 Å². The summed E-state index contributed by atoms with van der Waals surface area (Å²) in [4.78, 5) is 23.3. The first-order valence-electron chi connectivity index (χ1n) is 5.64. The lowest BCUT2D eigenvalue weighted by atomic mass is 9.90. The fourth-order valence-corrected chi connectivity index (χ4v) is 1.39. The molecule has 5 nitrogen and oxygen atoms in total. The Kier molecular flexibility index (Phi) is 3.76. The lowest BCUT2D eigenvalue weighted by Gasteiger charge is -2.23. The zero-order valence-corrected chi connectivity index (χ0v) is 10.5. The number of ether oxygens (including phenoxy) is 2. The van der Waals surface area contributed by atoms with E-state index >= 15 is 0 Å². The van der Waals surface area contributed by atoms with Gasteiger partial charge >= 0.3 is 11.9 Å². The van der Waals surface area contributed by atoms with Crippen molar-refractivity contribution in [2.45, 2.75) is 46.3 Å². The molecule has 1 rings (SSSR count). The maximum absolute atomic E-state index is 11.8. The van der Waals surface area contributed by atoms with Crippen molar-refractivity contribution in [3.63, 3.8) is 0 Å². The number of hydrogen-bond acceptors (Lipinski definition) is 5. The van der Waals surface area contributed by atoms with Gasteiger partial charge in [0.25, 0.3) is 0 Å². The molecule has 5 heteroatoms. The molecule has 94 valence electrons. The Morgan fingerprint density at radius 1 is 1.59 bits per heavy atom. The van der Waals surface area contributed by atoms with E-state index in [0.717, 1.165) is 0 Å². The summed E-state index contributed by atoms with van der Waals surface area (Å²) in [5.74, 6) is -1.50. The average molecular weight is 239 g/mol. The minimum atomic E-state index is -0.960. The Morgan fingerprint density at radius 2 is 2.18 bits per heavy atom. The molecule has 1 heterocycles.